The van der Waals surface area contributed by atoms with E-state index in [-0.39, 0.29) is 11.5 Å². The summed E-state index contributed by atoms with van der Waals surface area (Å²) in [6.07, 6.45) is 5.99. The van der Waals surface area contributed by atoms with E-state index in [0.717, 1.165) is 12.0 Å². The van der Waals surface area contributed by atoms with E-state index in [1.54, 1.807) is 12.2 Å². The second kappa shape index (κ2) is 3.19. The molecule has 0 atom stereocenters. The van der Waals surface area contributed by atoms with E-state index in [1.807, 2.05) is 0 Å². The quantitative estimate of drug-likeness (QED) is 0.610. The van der Waals surface area contributed by atoms with Crippen molar-refractivity contribution in [3.05, 3.63) is 36.1 Å². The Labute approximate surface area is 65.5 Å². The molecule has 1 N–H and O–H groups in total. The van der Waals surface area contributed by atoms with E-state index in [4.69, 9.17) is 5.11 Å². The molecule has 58 valence electrons. The smallest absolute Gasteiger partial charge is 0.201 e. The molecule has 0 radical (unpaired) electrons. The number of carbonyl (C=O) groups is 1. The van der Waals surface area contributed by atoms with Crippen molar-refractivity contribution in [2.45, 2.75) is 12.8 Å². The molecule has 0 aromatic rings. The lowest BCUT2D eigenvalue weighted by molar-refractivity contribution is -0.117. The molecule has 2 heteroatoms. The average molecular weight is 150 g/mol. The maximum Gasteiger partial charge on any atom is 0.201 e. The van der Waals surface area contributed by atoms with Crippen molar-refractivity contribution in [3.63, 3.8) is 0 Å². The molecule has 0 heterocycles. The summed E-state index contributed by atoms with van der Waals surface area (Å²) < 4.78 is 0. The third kappa shape index (κ3) is 1.80. The van der Waals surface area contributed by atoms with Gasteiger partial charge in [0.2, 0.25) is 5.78 Å². The number of hydrogen-bond acceptors (Lipinski definition) is 2. The van der Waals surface area contributed by atoms with Crippen LogP contribution in [0.15, 0.2) is 36.1 Å². The van der Waals surface area contributed by atoms with Crippen LogP contribution in [0.1, 0.15) is 12.8 Å². The first-order valence-corrected chi connectivity index (χ1v) is 3.47. The molecule has 0 spiro atoms. The molecule has 1 aliphatic carbocycles. The van der Waals surface area contributed by atoms with Gasteiger partial charge < -0.3 is 5.11 Å². The minimum absolute atomic E-state index is 0.141. The number of carbonyl (C=O) groups excluding carboxylic acids is 1. The van der Waals surface area contributed by atoms with Gasteiger partial charge >= 0.3 is 0 Å². The van der Waals surface area contributed by atoms with Crippen LogP contribution in [0.25, 0.3) is 0 Å². The predicted octanol–water partition coefficient (Wildman–Crippen LogP) is 1.90. The van der Waals surface area contributed by atoms with Gasteiger partial charge in [0.15, 0.2) is 5.76 Å². The Morgan fingerprint density at radius 3 is 2.91 bits per heavy atom. The van der Waals surface area contributed by atoms with Crippen LogP contribution in [0, 0.1) is 0 Å². The molecule has 1 aliphatic rings. The van der Waals surface area contributed by atoms with E-state index < -0.39 is 0 Å². The van der Waals surface area contributed by atoms with Crippen LogP contribution in [0.2, 0.25) is 0 Å². The van der Waals surface area contributed by atoms with Crippen LogP contribution in [-0.2, 0) is 4.79 Å². The van der Waals surface area contributed by atoms with Crippen molar-refractivity contribution in [3.8, 4) is 0 Å². The van der Waals surface area contributed by atoms with Gasteiger partial charge in [-0.05, 0) is 12.5 Å². The summed E-state index contributed by atoms with van der Waals surface area (Å²) >= 11 is 0. The van der Waals surface area contributed by atoms with Gasteiger partial charge in [-0.1, -0.05) is 17.7 Å². The molecule has 0 aromatic carbocycles. The number of aliphatic hydroxyl groups excluding tert-OH is 1. The van der Waals surface area contributed by atoms with Crippen molar-refractivity contribution < 1.29 is 9.90 Å². The summed E-state index contributed by atoms with van der Waals surface area (Å²) in [5, 5.41) is 8.90. The lowest BCUT2D eigenvalue weighted by Gasteiger charge is -2.07. The van der Waals surface area contributed by atoms with Crippen LogP contribution >= 0.6 is 0 Å². The van der Waals surface area contributed by atoms with E-state index in [1.165, 1.54) is 6.08 Å². The molecule has 0 unspecified atom stereocenters. The zero-order valence-electron chi connectivity index (χ0n) is 6.21. The Bertz CT molecular complexity index is 246. The molecule has 1 rings (SSSR count). The van der Waals surface area contributed by atoms with E-state index in [0.29, 0.717) is 6.42 Å². The van der Waals surface area contributed by atoms with Crippen LogP contribution in [-0.4, -0.2) is 10.9 Å². The SMILES string of the molecule is C=CCC1=CC=C(O)C(=O)C1. The monoisotopic (exact) mass is 150 g/mol. The third-order valence-electron chi connectivity index (χ3n) is 1.56. The van der Waals surface area contributed by atoms with E-state index in [2.05, 4.69) is 6.58 Å². The normalized spacial score (nSPS) is 17.3. The van der Waals surface area contributed by atoms with Crippen molar-refractivity contribution in [1.29, 1.82) is 0 Å². The number of ketones is 1. The first-order chi connectivity index (χ1) is 5.24. The summed E-state index contributed by atoms with van der Waals surface area (Å²) in [6.45, 7) is 3.56. The van der Waals surface area contributed by atoms with Crippen LogP contribution in [0.3, 0.4) is 0 Å². The zero-order chi connectivity index (χ0) is 8.27. The Hall–Kier alpha value is -1.31. The summed E-state index contributed by atoms with van der Waals surface area (Å²) in [6, 6.07) is 0. The maximum absolute atomic E-state index is 10.9. The highest BCUT2D eigenvalue weighted by atomic mass is 16.3. The Balaban J connectivity index is 2.73. The fourth-order valence-corrected chi connectivity index (χ4v) is 0.971. The Morgan fingerprint density at radius 2 is 2.36 bits per heavy atom. The van der Waals surface area contributed by atoms with E-state index >= 15 is 0 Å². The van der Waals surface area contributed by atoms with Crippen molar-refractivity contribution in [1.82, 2.24) is 0 Å². The second-order valence-corrected chi connectivity index (χ2v) is 2.47. The molecule has 0 amide bonds. The molecule has 0 saturated heterocycles. The van der Waals surface area contributed by atoms with Crippen molar-refractivity contribution in [2.75, 3.05) is 0 Å². The second-order valence-electron chi connectivity index (χ2n) is 2.47. The van der Waals surface area contributed by atoms with Gasteiger partial charge in [-0.2, -0.15) is 0 Å². The van der Waals surface area contributed by atoms with E-state index in [9.17, 15) is 4.79 Å². The minimum atomic E-state index is -0.204. The summed E-state index contributed by atoms with van der Waals surface area (Å²) in [5.74, 6) is -0.345. The Morgan fingerprint density at radius 1 is 1.64 bits per heavy atom. The highest BCUT2D eigenvalue weighted by Gasteiger charge is 2.12. The molecule has 0 aromatic heterocycles. The van der Waals surface area contributed by atoms with Gasteiger partial charge in [0.1, 0.15) is 0 Å². The first kappa shape index (κ1) is 7.79. The van der Waals surface area contributed by atoms with Gasteiger partial charge in [-0.3, -0.25) is 4.79 Å². The van der Waals surface area contributed by atoms with Gasteiger partial charge in [0, 0.05) is 6.42 Å². The first-order valence-electron chi connectivity index (χ1n) is 3.47. The lowest BCUT2D eigenvalue weighted by atomic mass is 10.0. The zero-order valence-corrected chi connectivity index (χ0v) is 6.21. The predicted molar refractivity (Wildman–Crippen MR) is 43.2 cm³/mol. The average Bonchev–Trinajstić information content (AvgIpc) is 1.98. The molecule has 0 bridgehead atoms. The number of rotatable bonds is 2. The minimum Gasteiger partial charge on any atom is -0.504 e. The van der Waals surface area contributed by atoms with Crippen molar-refractivity contribution in [2.24, 2.45) is 0 Å². The van der Waals surface area contributed by atoms with Gasteiger partial charge in [-0.15, -0.1) is 6.58 Å². The maximum atomic E-state index is 10.9. The standard InChI is InChI=1S/C9H10O2/c1-2-3-7-4-5-8(10)9(11)6-7/h2,4-5,10H,1,3,6H2. The molecule has 0 fully saturated rings. The third-order valence-corrected chi connectivity index (χ3v) is 1.56. The van der Waals surface area contributed by atoms with Gasteiger partial charge in [-0.25, -0.2) is 0 Å². The number of Topliss-reactive ketones (excluding diaryl/α,β-unsaturated/α-hetero) is 1. The van der Waals surface area contributed by atoms with Crippen LogP contribution in [0.5, 0.6) is 0 Å². The van der Waals surface area contributed by atoms with Gasteiger partial charge in [0.25, 0.3) is 0 Å². The highest BCUT2D eigenvalue weighted by molar-refractivity contribution is 5.96. The number of aliphatic hydroxyl groups is 1. The molecule has 0 aliphatic heterocycles. The molecule has 11 heavy (non-hydrogen) atoms. The fraction of sp³-hybridized carbons (Fsp3) is 0.222. The fourth-order valence-electron chi connectivity index (χ4n) is 0.971. The summed E-state index contributed by atoms with van der Waals surface area (Å²) in [4.78, 5) is 10.9. The highest BCUT2D eigenvalue weighted by Crippen LogP contribution is 2.16. The lowest BCUT2D eigenvalue weighted by Crippen LogP contribution is -2.06. The van der Waals surface area contributed by atoms with Crippen LogP contribution in [0.4, 0.5) is 0 Å². The molecular weight excluding hydrogens is 140 g/mol. The number of allylic oxidation sites excluding steroid dienone is 5. The van der Waals surface area contributed by atoms with Crippen molar-refractivity contribution >= 4 is 5.78 Å². The topological polar surface area (TPSA) is 37.3 Å². The number of hydrogen-bond donors (Lipinski definition) is 1. The molecule has 2 nitrogen and oxygen atoms in total. The summed E-state index contributed by atoms with van der Waals surface area (Å²) in [5.41, 5.74) is 1.00. The Kier molecular flexibility index (Phi) is 2.26. The summed E-state index contributed by atoms with van der Waals surface area (Å²) in [7, 11) is 0. The largest absolute Gasteiger partial charge is 0.504 e. The molecule has 0 saturated carbocycles. The van der Waals surface area contributed by atoms with Crippen LogP contribution < -0.4 is 0 Å². The molecular formula is C9H10O2. The van der Waals surface area contributed by atoms with Gasteiger partial charge in [0.05, 0.1) is 0 Å².